The number of aromatic nitrogens is 2. The molecule has 5 nitrogen and oxygen atoms in total. The highest BCUT2D eigenvalue weighted by atomic mass is 35.5. The van der Waals surface area contributed by atoms with Gasteiger partial charge in [-0.2, -0.15) is 0 Å². The third-order valence-electron chi connectivity index (χ3n) is 5.68. The summed E-state index contributed by atoms with van der Waals surface area (Å²) in [6.07, 6.45) is 1.13. The van der Waals surface area contributed by atoms with Crippen LogP contribution < -0.4 is 5.56 Å². The minimum Gasteiger partial charge on any atom is -0.332 e. The van der Waals surface area contributed by atoms with Crippen LogP contribution in [0.3, 0.4) is 0 Å². The van der Waals surface area contributed by atoms with Crippen LogP contribution in [0.2, 0.25) is 5.02 Å². The Morgan fingerprint density at radius 1 is 1.18 bits per heavy atom. The Balaban J connectivity index is 1.87. The number of halogens is 1. The van der Waals surface area contributed by atoms with Gasteiger partial charge in [-0.05, 0) is 62.0 Å². The van der Waals surface area contributed by atoms with Crippen molar-refractivity contribution in [2.24, 2.45) is 0 Å². The zero-order valence-corrected chi connectivity index (χ0v) is 20.5. The zero-order valence-electron chi connectivity index (χ0n) is 18.9. The van der Waals surface area contributed by atoms with Crippen LogP contribution in [0.1, 0.15) is 42.6 Å². The Bertz CT molecular complexity index is 1330. The normalized spacial score (nSPS) is 12.1. The van der Waals surface area contributed by atoms with Gasteiger partial charge in [0.2, 0.25) is 5.91 Å². The van der Waals surface area contributed by atoms with Crippen LogP contribution in [-0.4, -0.2) is 26.9 Å². The number of benzene rings is 2. The molecule has 170 valence electrons. The minimum absolute atomic E-state index is 0.0164. The summed E-state index contributed by atoms with van der Waals surface area (Å²) < 4.78 is 1.63. The summed E-state index contributed by atoms with van der Waals surface area (Å²) in [6.45, 7) is 6.55. The van der Waals surface area contributed by atoms with Crippen LogP contribution in [0.5, 0.6) is 0 Å². The van der Waals surface area contributed by atoms with Gasteiger partial charge < -0.3 is 4.90 Å². The highest BCUT2D eigenvalue weighted by molar-refractivity contribution is 7.10. The molecule has 2 heterocycles. The number of thiophene rings is 1. The minimum atomic E-state index is -0.408. The second kappa shape index (κ2) is 9.89. The van der Waals surface area contributed by atoms with Gasteiger partial charge in [0.25, 0.3) is 5.56 Å². The van der Waals surface area contributed by atoms with Gasteiger partial charge in [-0.25, -0.2) is 4.98 Å². The van der Waals surface area contributed by atoms with Crippen molar-refractivity contribution in [3.63, 3.8) is 0 Å². The summed E-state index contributed by atoms with van der Waals surface area (Å²) in [5.41, 5.74) is 2.17. The summed E-state index contributed by atoms with van der Waals surface area (Å²) in [7, 11) is 0. The SMILES string of the molecule is CCCN(C(=O)Cc1cccs1)C(C)c1nc2cc(Cl)ccc2c(=O)n1-c1ccc(C)cc1. The fourth-order valence-corrected chi connectivity index (χ4v) is 4.84. The fourth-order valence-electron chi connectivity index (χ4n) is 3.98. The maximum absolute atomic E-state index is 13.6. The third-order valence-corrected chi connectivity index (χ3v) is 6.79. The number of rotatable bonds is 7. The summed E-state index contributed by atoms with van der Waals surface area (Å²) >= 11 is 7.78. The number of amides is 1. The molecule has 0 N–H and O–H groups in total. The largest absolute Gasteiger partial charge is 0.332 e. The number of hydrogen-bond donors (Lipinski definition) is 0. The molecule has 1 amide bonds. The molecule has 33 heavy (non-hydrogen) atoms. The molecule has 0 aliphatic rings. The Morgan fingerprint density at radius 3 is 2.61 bits per heavy atom. The molecule has 4 aromatic rings. The Morgan fingerprint density at radius 2 is 1.94 bits per heavy atom. The molecule has 0 saturated carbocycles. The quantitative estimate of drug-likeness (QED) is 0.329. The van der Waals surface area contributed by atoms with Crippen molar-refractivity contribution in [1.82, 2.24) is 14.5 Å². The Hall–Kier alpha value is -2.96. The molecule has 0 bridgehead atoms. The van der Waals surface area contributed by atoms with Crippen LogP contribution in [0.4, 0.5) is 0 Å². The summed E-state index contributed by atoms with van der Waals surface area (Å²) in [4.78, 5) is 34.6. The number of aryl methyl sites for hydroxylation is 1. The average molecular weight is 480 g/mol. The van der Waals surface area contributed by atoms with E-state index in [1.54, 1.807) is 34.1 Å². The van der Waals surface area contributed by atoms with Crippen molar-refractivity contribution >= 4 is 39.7 Å². The lowest BCUT2D eigenvalue weighted by Gasteiger charge is -2.30. The predicted molar refractivity (Wildman–Crippen MR) is 136 cm³/mol. The van der Waals surface area contributed by atoms with E-state index in [1.165, 1.54) is 0 Å². The van der Waals surface area contributed by atoms with Crippen LogP contribution >= 0.6 is 22.9 Å². The molecule has 0 aliphatic heterocycles. The van der Waals surface area contributed by atoms with Gasteiger partial charge in [-0.1, -0.05) is 42.3 Å². The number of fused-ring (bicyclic) bond motifs is 1. The number of nitrogens with zero attached hydrogens (tertiary/aromatic N) is 3. The van der Waals surface area contributed by atoms with E-state index in [0.29, 0.717) is 34.7 Å². The Kier molecular flexibility index (Phi) is 6.96. The molecule has 0 saturated heterocycles. The van der Waals surface area contributed by atoms with Crippen LogP contribution in [-0.2, 0) is 11.2 Å². The lowest BCUT2D eigenvalue weighted by atomic mass is 10.1. The predicted octanol–water partition coefficient (Wildman–Crippen LogP) is 5.95. The first-order valence-corrected chi connectivity index (χ1v) is 12.3. The lowest BCUT2D eigenvalue weighted by molar-refractivity contribution is -0.132. The summed E-state index contributed by atoms with van der Waals surface area (Å²) in [6, 6.07) is 16.4. The number of carbonyl (C=O) groups excluding carboxylic acids is 1. The standard InChI is InChI=1S/C26H26ClN3O2S/c1-4-13-29(24(31)16-21-6-5-14-33-21)18(3)25-28-23-15-19(27)9-12-22(23)26(32)30(25)20-10-7-17(2)8-11-20/h5-12,14-15,18H,4,13,16H2,1-3H3. The number of hydrogen-bond acceptors (Lipinski definition) is 4. The first kappa shape index (κ1) is 23.2. The van der Waals surface area contributed by atoms with Crippen LogP contribution in [0.25, 0.3) is 16.6 Å². The molecule has 0 aliphatic carbocycles. The average Bonchev–Trinajstić information content (AvgIpc) is 3.30. The monoisotopic (exact) mass is 479 g/mol. The molecule has 2 aromatic heterocycles. The van der Waals surface area contributed by atoms with Gasteiger partial charge in [-0.15, -0.1) is 11.3 Å². The van der Waals surface area contributed by atoms with E-state index in [-0.39, 0.29) is 11.5 Å². The molecule has 1 atom stereocenters. The van der Waals surface area contributed by atoms with Gasteiger partial charge in [0.1, 0.15) is 5.82 Å². The first-order chi connectivity index (χ1) is 15.9. The van der Waals surface area contributed by atoms with Gasteiger partial charge in [0.05, 0.1) is 29.1 Å². The van der Waals surface area contributed by atoms with Crippen LogP contribution in [0, 0.1) is 6.92 Å². The van der Waals surface area contributed by atoms with E-state index in [4.69, 9.17) is 16.6 Å². The lowest BCUT2D eigenvalue weighted by Crippen LogP contribution is -2.38. The van der Waals surface area contributed by atoms with Crippen molar-refractivity contribution < 1.29 is 4.79 Å². The molecule has 0 fully saturated rings. The third kappa shape index (κ3) is 4.87. The van der Waals surface area contributed by atoms with E-state index in [2.05, 4.69) is 0 Å². The van der Waals surface area contributed by atoms with Gasteiger partial charge in [-0.3, -0.25) is 14.2 Å². The van der Waals surface area contributed by atoms with E-state index >= 15 is 0 Å². The highest BCUT2D eigenvalue weighted by Gasteiger charge is 2.26. The molecular formula is C26H26ClN3O2S. The zero-order chi connectivity index (χ0) is 23.5. The Labute approximate surface area is 202 Å². The molecule has 7 heteroatoms. The van der Waals surface area contributed by atoms with Crippen molar-refractivity contribution in [2.75, 3.05) is 6.54 Å². The molecule has 0 radical (unpaired) electrons. The van der Waals surface area contributed by atoms with Crippen molar-refractivity contribution in [3.05, 3.63) is 91.6 Å². The topological polar surface area (TPSA) is 55.2 Å². The molecular weight excluding hydrogens is 454 g/mol. The second-order valence-electron chi connectivity index (χ2n) is 8.13. The highest BCUT2D eigenvalue weighted by Crippen LogP contribution is 2.25. The molecule has 1 unspecified atom stereocenters. The van der Waals surface area contributed by atoms with Crippen molar-refractivity contribution in [3.8, 4) is 5.69 Å². The van der Waals surface area contributed by atoms with Gasteiger partial charge in [0.15, 0.2) is 0 Å². The van der Waals surface area contributed by atoms with Crippen molar-refractivity contribution in [1.29, 1.82) is 0 Å². The second-order valence-corrected chi connectivity index (χ2v) is 9.60. The maximum Gasteiger partial charge on any atom is 0.266 e. The van der Waals surface area contributed by atoms with E-state index in [0.717, 1.165) is 22.5 Å². The molecule has 4 rings (SSSR count). The smallest absolute Gasteiger partial charge is 0.266 e. The van der Waals surface area contributed by atoms with Gasteiger partial charge in [0, 0.05) is 16.4 Å². The fraction of sp³-hybridized carbons (Fsp3) is 0.269. The molecule has 0 spiro atoms. The summed E-state index contributed by atoms with van der Waals surface area (Å²) in [5.74, 6) is 0.536. The van der Waals surface area contributed by atoms with Gasteiger partial charge >= 0.3 is 0 Å². The van der Waals surface area contributed by atoms with E-state index in [1.807, 2.05) is 67.4 Å². The van der Waals surface area contributed by atoms with Crippen LogP contribution in [0.15, 0.2) is 64.8 Å². The van der Waals surface area contributed by atoms with E-state index in [9.17, 15) is 9.59 Å². The number of carbonyl (C=O) groups is 1. The maximum atomic E-state index is 13.6. The first-order valence-electron chi connectivity index (χ1n) is 11.0. The molecule has 2 aromatic carbocycles. The van der Waals surface area contributed by atoms with Crippen molar-refractivity contribution in [2.45, 2.75) is 39.7 Å². The van der Waals surface area contributed by atoms with E-state index < -0.39 is 6.04 Å². The summed E-state index contributed by atoms with van der Waals surface area (Å²) in [5, 5.41) is 2.98.